The fourth-order valence-corrected chi connectivity index (χ4v) is 3.33. The van der Waals surface area contributed by atoms with E-state index in [4.69, 9.17) is 0 Å². The summed E-state index contributed by atoms with van der Waals surface area (Å²) in [5.74, 6) is 0.0789. The Morgan fingerprint density at radius 2 is 2.12 bits per heavy atom. The van der Waals surface area contributed by atoms with Crippen LogP contribution in [0.2, 0.25) is 0 Å². The Labute approximate surface area is 152 Å². The summed E-state index contributed by atoms with van der Waals surface area (Å²) in [5, 5.41) is 13.8. The Hall–Kier alpha value is -2.96. The van der Waals surface area contributed by atoms with Crippen molar-refractivity contribution in [3.05, 3.63) is 64.0 Å². The lowest BCUT2D eigenvalue weighted by Crippen LogP contribution is -2.40. The molecule has 1 aromatic carbocycles. The van der Waals surface area contributed by atoms with E-state index < -0.39 is 0 Å². The topological polar surface area (TPSA) is 88.4 Å². The molecule has 1 aliphatic rings. The van der Waals surface area contributed by atoms with Gasteiger partial charge in [-0.25, -0.2) is 0 Å². The van der Waals surface area contributed by atoms with Crippen LogP contribution in [0.5, 0.6) is 0 Å². The zero-order valence-corrected chi connectivity index (χ0v) is 14.7. The summed E-state index contributed by atoms with van der Waals surface area (Å²) in [6.07, 6.45) is 5.01. The largest absolute Gasteiger partial charge is 0.371 e. The Morgan fingerprint density at radius 3 is 2.73 bits per heavy atom. The maximum Gasteiger partial charge on any atom is 0.269 e. The predicted molar refractivity (Wildman–Crippen MR) is 98.9 cm³/mol. The minimum atomic E-state index is -0.379. The van der Waals surface area contributed by atoms with Gasteiger partial charge in [-0.15, -0.1) is 0 Å². The highest BCUT2D eigenvalue weighted by Gasteiger charge is 2.26. The summed E-state index contributed by atoms with van der Waals surface area (Å²) in [6, 6.07) is 8.73. The minimum absolute atomic E-state index is 0.00118. The van der Waals surface area contributed by atoms with E-state index in [0.29, 0.717) is 6.54 Å². The van der Waals surface area contributed by atoms with E-state index in [2.05, 4.69) is 15.2 Å². The number of rotatable bonds is 5. The molecule has 1 N–H and O–H groups in total. The van der Waals surface area contributed by atoms with Crippen molar-refractivity contribution in [1.29, 1.82) is 0 Å². The molecule has 0 atom stereocenters. The molecule has 0 radical (unpaired) electrons. The van der Waals surface area contributed by atoms with Gasteiger partial charge in [-0.3, -0.25) is 19.9 Å². The van der Waals surface area contributed by atoms with Crippen LogP contribution in [-0.2, 0) is 11.3 Å². The average Bonchev–Trinajstić information content (AvgIpc) is 2.67. The van der Waals surface area contributed by atoms with Gasteiger partial charge < -0.3 is 10.2 Å². The van der Waals surface area contributed by atoms with Crippen LogP contribution in [0, 0.1) is 23.0 Å². The second-order valence-electron chi connectivity index (χ2n) is 6.57. The van der Waals surface area contributed by atoms with E-state index in [1.54, 1.807) is 24.5 Å². The number of hydrogen-bond acceptors (Lipinski definition) is 5. The molecular weight excluding hydrogens is 332 g/mol. The number of piperidine rings is 1. The number of benzene rings is 1. The highest BCUT2D eigenvalue weighted by Crippen LogP contribution is 2.28. The third kappa shape index (κ3) is 4.17. The number of nitrogens with zero attached hydrogens (tertiary/aromatic N) is 3. The maximum atomic E-state index is 12.4. The molecule has 0 saturated carbocycles. The van der Waals surface area contributed by atoms with Crippen molar-refractivity contribution >= 4 is 17.3 Å². The summed E-state index contributed by atoms with van der Waals surface area (Å²) >= 11 is 0. The van der Waals surface area contributed by atoms with Gasteiger partial charge >= 0.3 is 0 Å². The number of anilines is 1. The van der Waals surface area contributed by atoms with Crippen LogP contribution >= 0.6 is 0 Å². The molecule has 26 heavy (non-hydrogen) atoms. The summed E-state index contributed by atoms with van der Waals surface area (Å²) in [5.41, 5.74) is 2.99. The van der Waals surface area contributed by atoms with Gasteiger partial charge in [0.05, 0.1) is 4.92 Å². The first-order valence-corrected chi connectivity index (χ1v) is 8.71. The Kier molecular flexibility index (Phi) is 5.46. The number of non-ortho nitro benzene ring substituents is 1. The first kappa shape index (κ1) is 17.8. The number of carbonyl (C=O) groups excluding carboxylic acids is 1. The second kappa shape index (κ2) is 7.95. The molecule has 1 aliphatic heterocycles. The Bertz CT molecular complexity index is 787. The number of hydrogen-bond donors (Lipinski definition) is 1. The molecule has 2 aromatic rings. The molecule has 136 valence electrons. The molecule has 1 amide bonds. The number of nitrogens with one attached hydrogen (secondary N) is 1. The summed E-state index contributed by atoms with van der Waals surface area (Å²) in [7, 11) is 0. The number of nitro benzene ring substituents is 1. The van der Waals surface area contributed by atoms with Crippen molar-refractivity contribution in [2.24, 2.45) is 5.92 Å². The van der Waals surface area contributed by atoms with Crippen molar-refractivity contribution in [3.63, 3.8) is 0 Å². The molecule has 0 unspecified atom stereocenters. The third-order valence-corrected chi connectivity index (χ3v) is 4.79. The van der Waals surface area contributed by atoms with Crippen LogP contribution in [-0.4, -0.2) is 28.9 Å². The standard InChI is InChI=1S/C19H22N4O3/c1-14-11-17(23(25)26)4-5-18(14)22-9-6-16(7-10-22)19(24)21-13-15-3-2-8-20-12-15/h2-5,8,11-12,16H,6-7,9-10,13H2,1H3,(H,21,24). The fraction of sp³-hybridized carbons (Fsp3) is 0.368. The molecule has 1 fully saturated rings. The zero-order valence-electron chi connectivity index (χ0n) is 14.7. The van der Waals surface area contributed by atoms with Crippen molar-refractivity contribution < 1.29 is 9.72 Å². The predicted octanol–water partition coefficient (Wildman–Crippen LogP) is 2.83. The molecular formula is C19H22N4O3. The smallest absolute Gasteiger partial charge is 0.269 e. The van der Waals surface area contributed by atoms with E-state index in [-0.39, 0.29) is 22.4 Å². The van der Waals surface area contributed by atoms with Gasteiger partial charge in [0.2, 0.25) is 5.91 Å². The highest BCUT2D eigenvalue weighted by molar-refractivity contribution is 5.79. The van der Waals surface area contributed by atoms with E-state index in [9.17, 15) is 14.9 Å². The lowest BCUT2D eigenvalue weighted by molar-refractivity contribution is -0.384. The van der Waals surface area contributed by atoms with E-state index in [1.165, 1.54) is 6.07 Å². The second-order valence-corrected chi connectivity index (χ2v) is 6.57. The zero-order chi connectivity index (χ0) is 18.5. The van der Waals surface area contributed by atoms with Gasteiger partial charge in [0.1, 0.15) is 0 Å². The SMILES string of the molecule is Cc1cc([N+](=O)[O-])ccc1N1CCC(C(=O)NCc2cccnc2)CC1. The maximum absolute atomic E-state index is 12.4. The first-order valence-electron chi connectivity index (χ1n) is 8.71. The Balaban J connectivity index is 1.54. The number of carbonyl (C=O) groups is 1. The summed E-state index contributed by atoms with van der Waals surface area (Å²) in [6.45, 7) is 3.91. The monoisotopic (exact) mass is 354 g/mol. The van der Waals surface area contributed by atoms with Gasteiger partial charge in [-0.05, 0) is 43.0 Å². The van der Waals surface area contributed by atoms with Gasteiger partial charge in [-0.1, -0.05) is 6.07 Å². The third-order valence-electron chi connectivity index (χ3n) is 4.79. The molecule has 1 aromatic heterocycles. The van der Waals surface area contributed by atoms with E-state index in [1.807, 2.05) is 19.1 Å². The number of aromatic nitrogens is 1. The van der Waals surface area contributed by atoms with Gasteiger partial charge in [0.15, 0.2) is 0 Å². The van der Waals surface area contributed by atoms with Crippen molar-refractivity contribution in [2.75, 3.05) is 18.0 Å². The number of amides is 1. The van der Waals surface area contributed by atoms with Crippen molar-refractivity contribution in [1.82, 2.24) is 10.3 Å². The average molecular weight is 354 g/mol. The van der Waals surface area contributed by atoms with E-state index >= 15 is 0 Å². The van der Waals surface area contributed by atoms with Crippen molar-refractivity contribution in [2.45, 2.75) is 26.3 Å². The summed E-state index contributed by atoms with van der Waals surface area (Å²) in [4.78, 5) is 29.1. The minimum Gasteiger partial charge on any atom is -0.371 e. The van der Waals surface area contributed by atoms with Gasteiger partial charge in [0.25, 0.3) is 5.69 Å². The molecule has 0 spiro atoms. The van der Waals surface area contributed by atoms with Gasteiger partial charge in [0, 0.05) is 55.8 Å². The number of nitro groups is 1. The molecule has 3 rings (SSSR count). The molecule has 0 bridgehead atoms. The normalized spacial score (nSPS) is 14.9. The van der Waals surface area contributed by atoms with Crippen molar-refractivity contribution in [3.8, 4) is 0 Å². The molecule has 0 aliphatic carbocycles. The lowest BCUT2D eigenvalue weighted by Gasteiger charge is -2.33. The van der Waals surface area contributed by atoms with E-state index in [0.717, 1.165) is 42.7 Å². The highest BCUT2D eigenvalue weighted by atomic mass is 16.6. The van der Waals surface area contributed by atoms with Crippen LogP contribution in [0.1, 0.15) is 24.0 Å². The van der Waals surface area contributed by atoms with Crippen LogP contribution in [0.3, 0.4) is 0 Å². The molecule has 7 nitrogen and oxygen atoms in total. The Morgan fingerprint density at radius 1 is 1.35 bits per heavy atom. The van der Waals surface area contributed by atoms with Crippen LogP contribution in [0.25, 0.3) is 0 Å². The number of pyridine rings is 1. The summed E-state index contributed by atoms with van der Waals surface area (Å²) < 4.78 is 0. The molecule has 7 heteroatoms. The molecule has 2 heterocycles. The van der Waals surface area contributed by atoms with Gasteiger partial charge in [-0.2, -0.15) is 0 Å². The van der Waals surface area contributed by atoms with Crippen LogP contribution < -0.4 is 10.2 Å². The first-order chi connectivity index (χ1) is 12.5. The lowest BCUT2D eigenvalue weighted by atomic mass is 9.95. The fourth-order valence-electron chi connectivity index (χ4n) is 3.33. The number of aryl methyl sites for hydroxylation is 1. The quantitative estimate of drug-likeness (QED) is 0.659. The van der Waals surface area contributed by atoms with Crippen LogP contribution in [0.15, 0.2) is 42.7 Å². The molecule has 1 saturated heterocycles. The van der Waals surface area contributed by atoms with Crippen LogP contribution in [0.4, 0.5) is 11.4 Å².